The van der Waals surface area contributed by atoms with Gasteiger partial charge in [-0.05, 0) is 125 Å². The number of aliphatic imine (C=N–C) groups is 1. The Hall–Kier alpha value is -2.97. The number of nitrogens with zero attached hydrogens (tertiary/aromatic N) is 2. The van der Waals surface area contributed by atoms with Crippen LogP contribution >= 0.6 is 0 Å². The zero-order valence-corrected chi connectivity index (χ0v) is 24.5. The van der Waals surface area contributed by atoms with Gasteiger partial charge in [0.15, 0.2) is 0 Å². The summed E-state index contributed by atoms with van der Waals surface area (Å²) in [4.78, 5) is 26.0. The summed E-state index contributed by atoms with van der Waals surface area (Å²) < 4.78 is 26.3. The smallest absolute Gasteiger partial charge is 0.245 e. The maximum atomic E-state index is 13.2. The molecule has 3 N–H and O–H groups in total. The summed E-state index contributed by atoms with van der Waals surface area (Å²) in [5.41, 5.74) is 8.43. The van der Waals surface area contributed by atoms with Crippen LogP contribution in [0.25, 0.3) is 0 Å². The summed E-state index contributed by atoms with van der Waals surface area (Å²) in [6, 6.07) is 12.6. The SMILES string of the molecule is C1CN2CCC1CC2.C=NC(=O)CCC(N)=O.CCc1cccc(C2(NCCCCc3cc(F)cc(F)c3)CC2)c1. The second kappa shape index (κ2) is 16.5. The van der Waals surface area contributed by atoms with E-state index in [1.165, 1.54) is 75.0 Å². The molecule has 1 aliphatic carbocycles. The number of fused-ring (bicyclic) bond motifs is 3. The molecule has 8 heteroatoms. The Morgan fingerprint density at radius 2 is 1.66 bits per heavy atom. The molecule has 4 aliphatic rings. The molecular formula is C33H46F2N4O2. The lowest BCUT2D eigenvalue weighted by Gasteiger charge is -2.38. The molecule has 41 heavy (non-hydrogen) atoms. The highest BCUT2D eigenvalue weighted by Gasteiger charge is 2.43. The minimum atomic E-state index is -0.494. The Kier molecular flexibility index (Phi) is 13.1. The van der Waals surface area contributed by atoms with E-state index in [-0.39, 0.29) is 18.4 Å². The Bertz CT molecular complexity index is 1100. The molecule has 3 saturated heterocycles. The van der Waals surface area contributed by atoms with Crippen LogP contribution in [0.2, 0.25) is 0 Å². The van der Waals surface area contributed by atoms with Gasteiger partial charge in [-0.1, -0.05) is 31.2 Å². The highest BCUT2D eigenvalue weighted by Crippen LogP contribution is 2.45. The zero-order valence-electron chi connectivity index (χ0n) is 24.5. The van der Waals surface area contributed by atoms with E-state index in [2.05, 4.69) is 53.1 Å². The monoisotopic (exact) mass is 568 g/mol. The lowest BCUT2D eigenvalue weighted by Crippen LogP contribution is -2.41. The Labute approximate surface area is 243 Å². The molecule has 0 radical (unpaired) electrons. The van der Waals surface area contributed by atoms with Gasteiger partial charge in [-0.25, -0.2) is 13.8 Å². The quantitative estimate of drug-likeness (QED) is 0.269. The Morgan fingerprint density at radius 1 is 1.00 bits per heavy atom. The molecule has 2 aromatic carbocycles. The molecule has 0 spiro atoms. The maximum Gasteiger partial charge on any atom is 0.245 e. The van der Waals surface area contributed by atoms with E-state index in [1.54, 1.807) is 0 Å². The number of carbonyl (C=O) groups is 2. The number of primary amides is 1. The summed E-state index contributed by atoms with van der Waals surface area (Å²) in [6.07, 6.45) is 10.7. The van der Waals surface area contributed by atoms with Crippen molar-refractivity contribution in [3.63, 3.8) is 0 Å². The molecule has 0 aromatic heterocycles. The van der Waals surface area contributed by atoms with Crippen molar-refractivity contribution in [3.05, 3.63) is 70.8 Å². The minimum Gasteiger partial charge on any atom is -0.370 e. The number of halogens is 2. The predicted octanol–water partition coefficient (Wildman–Crippen LogP) is 5.71. The van der Waals surface area contributed by atoms with Crippen molar-refractivity contribution in [2.45, 2.75) is 83.1 Å². The number of carbonyl (C=O) groups excluding carboxylic acids is 2. The Balaban J connectivity index is 0.000000221. The molecule has 224 valence electrons. The van der Waals surface area contributed by atoms with Gasteiger partial charge in [0.05, 0.1) is 0 Å². The first-order valence-electron chi connectivity index (χ1n) is 15.0. The van der Waals surface area contributed by atoms with Crippen LogP contribution in [-0.4, -0.2) is 49.6 Å². The van der Waals surface area contributed by atoms with Crippen molar-refractivity contribution in [3.8, 4) is 0 Å². The second-order valence-electron chi connectivity index (χ2n) is 11.4. The molecule has 4 fully saturated rings. The first-order chi connectivity index (χ1) is 19.7. The van der Waals surface area contributed by atoms with E-state index < -0.39 is 23.4 Å². The van der Waals surface area contributed by atoms with E-state index in [0.29, 0.717) is 6.42 Å². The number of aryl methyl sites for hydroxylation is 2. The number of piperidine rings is 3. The fourth-order valence-corrected chi connectivity index (χ4v) is 5.49. The standard InChI is InChI=1S/C21H25F2N.C7H13N.C5H8N2O2/c1-2-16-7-5-8-18(12-16)21(9-10-21)24-11-4-3-6-17-13-19(22)15-20(23)14-17;1-4-8-5-2-7(1)3-6-8;1-7-5(9)3-2-4(6)8/h5,7-8,12-15,24H,2-4,6,9-11H2,1H3;7H,1-6H2;1-3H2,(H2,6,8). The van der Waals surface area contributed by atoms with E-state index >= 15 is 0 Å². The molecular weight excluding hydrogens is 522 g/mol. The third-order valence-electron chi connectivity index (χ3n) is 8.24. The van der Waals surface area contributed by atoms with E-state index in [4.69, 9.17) is 5.73 Å². The normalized spacial score (nSPS) is 19.7. The molecule has 0 unspecified atom stereocenters. The summed E-state index contributed by atoms with van der Waals surface area (Å²) in [6.45, 7) is 10.3. The topological polar surface area (TPSA) is 87.8 Å². The Morgan fingerprint density at radius 3 is 2.15 bits per heavy atom. The summed E-state index contributed by atoms with van der Waals surface area (Å²) in [5, 5.41) is 3.70. The summed E-state index contributed by atoms with van der Waals surface area (Å²) >= 11 is 0. The van der Waals surface area contributed by atoms with Crippen LogP contribution in [0.5, 0.6) is 0 Å². The molecule has 2 bridgehead atoms. The highest BCUT2D eigenvalue weighted by molar-refractivity contribution is 5.85. The van der Waals surface area contributed by atoms with Gasteiger partial charge in [0.25, 0.3) is 0 Å². The van der Waals surface area contributed by atoms with Crippen LogP contribution in [0.1, 0.15) is 81.4 Å². The van der Waals surface area contributed by atoms with Gasteiger partial charge in [0, 0.05) is 24.4 Å². The van der Waals surface area contributed by atoms with Gasteiger partial charge in [0.2, 0.25) is 11.8 Å². The third kappa shape index (κ3) is 11.4. The van der Waals surface area contributed by atoms with Crippen LogP contribution in [0.3, 0.4) is 0 Å². The number of nitrogens with two attached hydrogens (primary N) is 1. The number of hydrogen-bond acceptors (Lipinski definition) is 4. The van der Waals surface area contributed by atoms with Crippen LogP contribution < -0.4 is 11.1 Å². The molecule has 6 rings (SSSR count). The van der Waals surface area contributed by atoms with Crippen molar-refractivity contribution in [2.75, 3.05) is 26.2 Å². The third-order valence-corrected chi connectivity index (χ3v) is 8.24. The van der Waals surface area contributed by atoms with E-state index in [0.717, 1.165) is 43.4 Å². The predicted molar refractivity (Wildman–Crippen MR) is 161 cm³/mol. The fraction of sp³-hybridized carbons (Fsp3) is 0.545. The number of benzene rings is 2. The van der Waals surface area contributed by atoms with Crippen molar-refractivity contribution >= 4 is 18.5 Å². The van der Waals surface area contributed by atoms with Crippen molar-refractivity contribution < 1.29 is 18.4 Å². The molecule has 3 heterocycles. The fourth-order valence-electron chi connectivity index (χ4n) is 5.49. The summed E-state index contributed by atoms with van der Waals surface area (Å²) in [7, 11) is 0. The second-order valence-corrected chi connectivity index (χ2v) is 11.4. The lowest BCUT2D eigenvalue weighted by molar-refractivity contribution is -0.123. The number of unbranched alkanes of at least 4 members (excludes halogenated alkanes) is 1. The van der Waals surface area contributed by atoms with Crippen LogP contribution in [0.15, 0.2) is 47.5 Å². The van der Waals surface area contributed by atoms with Gasteiger partial charge >= 0.3 is 0 Å². The first kappa shape index (κ1) is 32.5. The number of amides is 2. The number of rotatable bonds is 11. The maximum absolute atomic E-state index is 13.2. The molecule has 2 aromatic rings. The van der Waals surface area contributed by atoms with Crippen LogP contribution in [-0.2, 0) is 28.0 Å². The van der Waals surface area contributed by atoms with Gasteiger partial charge in [-0.2, -0.15) is 0 Å². The van der Waals surface area contributed by atoms with Gasteiger partial charge in [-0.3, -0.25) is 9.59 Å². The molecule has 3 aliphatic heterocycles. The zero-order chi connectivity index (χ0) is 29.7. The van der Waals surface area contributed by atoms with Crippen molar-refractivity contribution in [1.29, 1.82) is 0 Å². The van der Waals surface area contributed by atoms with Crippen LogP contribution in [0.4, 0.5) is 8.78 Å². The van der Waals surface area contributed by atoms with E-state index in [1.807, 2.05) is 0 Å². The minimum absolute atomic E-state index is 0.0534. The van der Waals surface area contributed by atoms with Gasteiger partial charge < -0.3 is 16.0 Å². The summed E-state index contributed by atoms with van der Waals surface area (Å²) in [5.74, 6) is -0.757. The van der Waals surface area contributed by atoms with E-state index in [9.17, 15) is 18.4 Å². The number of nitrogens with one attached hydrogen (secondary N) is 1. The van der Waals surface area contributed by atoms with Gasteiger partial charge in [-0.15, -0.1) is 0 Å². The molecule has 1 saturated carbocycles. The molecule has 2 amide bonds. The average Bonchev–Trinajstić information content (AvgIpc) is 3.78. The molecule has 6 nitrogen and oxygen atoms in total. The van der Waals surface area contributed by atoms with Gasteiger partial charge in [0.1, 0.15) is 11.6 Å². The average molecular weight is 569 g/mol. The van der Waals surface area contributed by atoms with Crippen molar-refractivity contribution in [2.24, 2.45) is 16.6 Å². The largest absolute Gasteiger partial charge is 0.370 e. The first-order valence-corrected chi connectivity index (χ1v) is 15.0. The molecule has 0 atom stereocenters. The lowest BCUT2D eigenvalue weighted by atomic mass is 9.89. The van der Waals surface area contributed by atoms with Crippen LogP contribution in [0, 0.1) is 17.6 Å². The highest BCUT2D eigenvalue weighted by atomic mass is 19.1. The van der Waals surface area contributed by atoms with Crippen molar-refractivity contribution in [1.82, 2.24) is 10.2 Å². The number of hydrogen-bond donors (Lipinski definition) is 2.